The van der Waals surface area contributed by atoms with Gasteiger partial charge in [-0.05, 0) is 35.6 Å². The molecule has 0 unspecified atom stereocenters. The summed E-state index contributed by atoms with van der Waals surface area (Å²) in [7, 11) is 3.20. The number of carbonyl (C=O) groups excluding carboxylic acids is 2. The molecule has 0 bridgehead atoms. The number of carbonyl (C=O) groups is 2. The van der Waals surface area contributed by atoms with Gasteiger partial charge in [-0.15, -0.1) is 11.3 Å². The van der Waals surface area contributed by atoms with E-state index in [1.807, 2.05) is 78.9 Å². The molecule has 0 aliphatic heterocycles. The normalized spacial score (nSPS) is 11.2. The van der Waals surface area contributed by atoms with Gasteiger partial charge in [0.2, 0.25) is 11.8 Å². The molecule has 3 aromatic carbocycles. The molecular formula is C29H30N2O4S. The number of methoxy groups -OCH3 is 2. The number of ether oxygens (including phenoxy) is 2. The quantitative estimate of drug-likeness (QED) is 0.296. The van der Waals surface area contributed by atoms with Crippen molar-refractivity contribution in [3.05, 3.63) is 94.9 Å². The molecule has 186 valence electrons. The molecule has 6 nitrogen and oxygen atoms in total. The minimum Gasteiger partial charge on any atom is -0.493 e. The van der Waals surface area contributed by atoms with E-state index in [0.29, 0.717) is 24.6 Å². The van der Waals surface area contributed by atoms with Crippen LogP contribution in [-0.4, -0.2) is 26.0 Å². The Labute approximate surface area is 215 Å². The lowest BCUT2D eigenvalue weighted by Gasteiger charge is -2.27. The minimum absolute atomic E-state index is 0.262. The Morgan fingerprint density at radius 3 is 1.78 bits per heavy atom. The maximum absolute atomic E-state index is 13.5. The summed E-state index contributed by atoms with van der Waals surface area (Å²) in [6, 6.07) is 25.2. The fraction of sp³-hybridized carbons (Fsp3) is 0.241. The summed E-state index contributed by atoms with van der Waals surface area (Å²) in [6.45, 7) is 2.41. The van der Waals surface area contributed by atoms with E-state index in [1.165, 1.54) is 0 Å². The zero-order chi connectivity index (χ0) is 25.5. The van der Waals surface area contributed by atoms with Gasteiger partial charge in [0, 0.05) is 35.2 Å². The molecule has 1 heterocycles. The van der Waals surface area contributed by atoms with E-state index in [9.17, 15) is 9.59 Å². The molecule has 0 atom stereocenters. The van der Waals surface area contributed by atoms with Gasteiger partial charge in [0.1, 0.15) is 5.41 Å². The van der Waals surface area contributed by atoms with Crippen LogP contribution in [0.25, 0.3) is 10.1 Å². The highest BCUT2D eigenvalue weighted by Gasteiger charge is 2.41. The fourth-order valence-corrected chi connectivity index (χ4v) is 5.30. The van der Waals surface area contributed by atoms with Crippen LogP contribution in [0, 0.1) is 5.41 Å². The van der Waals surface area contributed by atoms with Gasteiger partial charge in [-0.2, -0.15) is 0 Å². The molecular weight excluding hydrogens is 472 g/mol. The smallest absolute Gasteiger partial charge is 0.236 e. The van der Waals surface area contributed by atoms with E-state index in [1.54, 1.807) is 32.5 Å². The number of nitrogens with one attached hydrogen (secondary N) is 2. The predicted molar refractivity (Wildman–Crippen MR) is 143 cm³/mol. The van der Waals surface area contributed by atoms with Crippen LogP contribution in [0.5, 0.6) is 11.5 Å². The molecule has 7 heteroatoms. The van der Waals surface area contributed by atoms with E-state index in [4.69, 9.17) is 9.47 Å². The molecule has 1 aromatic heterocycles. The van der Waals surface area contributed by atoms with Gasteiger partial charge < -0.3 is 20.1 Å². The number of hydrogen-bond acceptors (Lipinski definition) is 5. The summed E-state index contributed by atoms with van der Waals surface area (Å²) in [4.78, 5) is 27.9. The molecule has 0 radical (unpaired) electrons. The number of thiophene rings is 1. The van der Waals surface area contributed by atoms with Crippen LogP contribution in [0.2, 0.25) is 0 Å². The Bertz CT molecular complexity index is 1240. The fourth-order valence-electron chi connectivity index (χ4n) is 4.07. The third kappa shape index (κ3) is 5.69. The Kier molecular flexibility index (Phi) is 7.90. The Balaban J connectivity index is 1.59. The molecule has 0 fully saturated rings. The van der Waals surface area contributed by atoms with Crippen molar-refractivity contribution in [1.29, 1.82) is 0 Å². The van der Waals surface area contributed by atoms with Crippen LogP contribution in [0.3, 0.4) is 0 Å². The monoisotopic (exact) mass is 502 g/mol. The zero-order valence-corrected chi connectivity index (χ0v) is 21.5. The van der Waals surface area contributed by atoms with E-state index in [0.717, 1.165) is 26.1 Å². The van der Waals surface area contributed by atoms with Crippen molar-refractivity contribution in [2.24, 2.45) is 5.41 Å². The van der Waals surface area contributed by atoms with Crippen molar-refractivity contribution in [3.8, 4) is 11.5 Å². The van der Waals surface area contributed by atoms with Crippen molar-refractivity contribution in [1.82, 2.24) is 10.6 Å². The van der Waals surface area contributed by atoms with Crippen molar-refractivity contribution in [2.45, 2.75) is 26.4 Å². The molecule has 0 saturated heterocycles. The van der Waals surface area contributed by atoms with Crippen LogP contribution >= 0.6 is 11.3 Å². The average molecular weight is 503 g/mol. The van der Waals surface area contributed by atoms with Gasteiger partial charge in [0.05, 0.1) is 14.2 Å². The molecule has 4 aromatic rings. The van der Waals surface area contributed by atoms with E-state index >= 15 is 0 Å². The lowest BCUT2D eigenvalue weighted by Crippen LogP contribution is -2.50. The van der Waals surface area contributed by atoms with Crippen molar-refractivity contribution >= 4 is 33.2 Å². The highest BCUT2D eigenvalue weighted by Crippen LogP contribution is 2.38. The first-order valence-corrected chi connectivity index (χ1v) is 12.5. The van der Waals surface area contributed by atoms with Gasteiger partial charge in [-0.1, -0.05) is 60.7 Å². The molecule has 2 N–H and O–H groups in total. The van der Waals surface area contributed by atoms with Crippen LogP contribution in [0.15, 0.2) is 78.9 Å². The number of amides is 2. The third-order valence-corrected chi connectivity index (χ3v) is 7.29. The van der Waals surface area contributed by atoms with Crippen LogP contribution < -0.4 is 20.1 Å². The van der Waals surface area contributed by atoms with E-state index in [-0.39, 0.29) is 18.2 Å². The number of hydrogen-bond donors (Lipinski definition) is 2. The largest absolute Gasteiger partial charge is 0.493 e. The van der Waals surface area contributed by atoms with Crippen molar-refractivity contribution in [3.63, 3.8) is 0 Å². The first-order chi connectivity index (χ1) is 17.4. The summed E-state index contributed by atoms with van der Waals surface area (Å²) in [5.74, 6) is 0.648. The summed E-state index contributed by atoms with van der Waals surface area (Å²) < 4.78 is 11.9. The minimum atomic E-state index is -1.31. The topological polar surface area (TPSA) is 76.7 Å². The lowest BCUT2D eigenvalue weighted by molar-refractivity contribution is -0.142. The highest BCUT2D eigenvalue weighted by atomic mass is 32.1. The van der Waals surface area contributed by atoms with Crippen LogP contribution in [0.4, 0.5) is 0 Å². The second-order valence-electron chi connectivity index (χ2n) is 8.80. The van der Waals surface area contributed by atoms with Crippen LogP contribution in [0.1, 0.15) is 22.9 Å². The van der Waals surface area contributed by atoms with Gasteiger partial charge >= 0.3 is 0 Å². The Morgan fingerprint density at radius 2 is 1.28 bits per heavy atom. The van der Waals surface area contributed by atoms with Gasteiger partial charge in [-0.25, -0.2) is 0 Å². The number of fused-ring (bicyclic) bond motifs is 1. The second-order valence-corrected chi connectivity index (χ2v) is 9.97. The first-order valence-electron chi connectivity index (χ1n) is 11.7. The summed E-state index contributed by atoms with van der Waals surface area (Å²) in [5, 5.41) is 6.92. The molecule has 2 amide bonds. The first kappa shape index (κ1) is 25.3. The van der Waals surface area contributed by atoms with Gasteiger partial charge in [-0.3, -0.25) is 9.59 Å². The predicted octanol–water partition coefficient (Wildman–Crippen LogP) is 5.10. The van der Waals surface area contributed by atoms with E-state index < -0.39 is 5.41 Å². The molecule has 36 heavy (non-hydrogen) atoms. The van der Waals surface area contributed by atoms with Crippen molar-refractivity contribution < 1.29 is 19.1 Å². The lowest BCUT2D eigenvalue weighted by atomic mass is 9.83. The Hall–Kier alpha value is -3.84. The molecule has 0 aliphatic rings. The maximum Gasteiger partial charge on any atom is 0.236 e. The number of rotatable bonds is 10. The van der Waals surface area contributed by atoms with Gasteiger partial charge in [0.15, 0.2) is 11.5 Å². The maximum atomic E-state index is 13.5. The molecule has 0 aliphatic carbocycles. The standard InChI is InChI=1S/C29H30N2O4S/c1-29(27(32)30-18-20-10-6-4-7-11-20,28(33)31-19-21-12-8-5-9-13-21)17-23-14-22-15-24(34-2)25(35-3)16-26(22)36-23/h4-16H,17-19H2,1-3H3,(H,30,32)(H,31,33). The van der Waals surface area contributed by atoms with E-state index in [2.05, 4.69) is 10.6 Å². The SMILES string of the molecule is COc1cc2cc(CC(C)(C(=O)NCc3ccccc3)C(=O)NCc3ccccc3)sc2cc1OC. The van der Waals surface area contributed by atoms with Crippen LogP contribution in [-0.2, 0) is 29.1 Å². The molecule has 0 saturated carbocycles. The summed E-state index contributed by atoms with van der Waals surface area (Å²) >= 11 is 1.54. The highest BCUT2D eigenvalue weighted by molar-refractivity contribution is 7.19. The van der Waals surface area contributed by atoms with Gasteiger partial charge in [0.25, 0.3) is 0 Å². The average Bonchev–Trinajstić information content (AvgIpc) is 3.31. The zero-order valence-electron chi connectivity index (χ0n) is 20.7. The van der Waals surface area contributed by atoms with Crippen molar-refractivity contribution in [2.75, 3.05) is 14.2 Å². The summed E-state index contributed by atoms with van der Waals surface area (Å²) in [5.41, 5.74) is 0.636. The summed E-state index contributed by atoms with van der Waals surface area (Å²) in [6.07, 6.45) is 0.262. The third-order valence-electron chi connectivity index (χ3n) is 6.20. The molecule has 0 spiro atoms. The Morgan fingerprint density at radius 1 is 0.778 bits per heavy atom. The molecule has 4 rings (SSSR count). The second kappa shape index (κ2) is 11.3. The number of benzene rings is 3.